The van der Waals surface area contributed by atoms with Crippen LogP contribution in [0.3, 0.4) is 0 Å². The zero-order valence-corrected chi connectivity index (χ0v) is 15.3. The van der Waals surface area contributed by atoms with Crippen molar-refractivity contribution in [2.75, 3.05) is 33.2 Å². The van der Waals surface area contributed by atoms with E-state index in [1.165, 1.54) is 0 Å². The van der Waals surface area contributed by atoms with Crippen molar-refractivity contribution < 1.29 is 9.59 Å². The van der Waals surface area contributed by atoms with Crippen molar-refractivity contribution >= 4 is 11.9 Å². The first-order valence-corrected chi connectivity index (χ1v) is 9.37. The number of rotatable bonds is 3. The molecule has 1 aromatic rings. The maximum Gasteiger partial charge on any atom is 0.317 e. The lowest BCUT2D eigenvalue weighted by atomic mass is 9.68. The lowest BCUT2D eigenvalue weighted by Crippen LogP contribution is -2.54. The fourth-order valence-electron chi connectivity index (χ4n) is 4.27. The van der Waals surface area contributed by atoms with Crippen LogP contribution in [0, 0.1) is 5.41 Å². The summed E-state index contributed by atoms with van der Waals surface area (Å²) >= 11 is 0. The molecule has 25 heavy (non-hydrogen) atoms. The van der Waals surface area contributed by atoms with Crippen molar-refractivity contribution in [2.24, 2.45) is 5.41 Å². The zero-order chi connectivity index (χ0) is 17.9. The standard InChI is InChI=1S/C20H29N3O2/c1-3-11-21-19(25)23-12-9-20(10-13-23)14-17(18(24)22(2)15-20)16-7-5-4-6-8-16/h4-8,17H,3,9-15H2,1-2H3,(H,21,25). The van der Waals surface area contributed by atoms with Crippen LogP contribution in [0.1, 0.15) is 44.1 Å². The number of hydrogen-bond donors (Lipinski definition) is 1. The van der Waals surface area contributed by atoms with Gasteiger partial charge in [-0.05, 0) is 36.7 Å². The highest BCUT2D eigenvalue weighted by Crippen LogP contribution is 2.45. The minimum Gasteiger partial charge on any atom is -0.345 e. The number of amides is 3. The summed E-state index contributed by atoms with van der Waals surface area (Å²) in [5.41, 5.74) is 1.24. The molecule has 3 rings (SSSR count). The Morgan fingerprint density at radius 2 is 1.92 bits per heavy atom. The first-order valence-electron chi connectivity index (χ1n) is 9.37. The molecule has 136 valence electrons. The van der Waals surface area contributed by atoms with Crippen LogP contribution in [0.2, 0.25) is 0 Å². The third kappa shape index (κ3) is 3.80. The van der Waals surface area contributed by atoms with Gasteiger partial charge in [0, 0.05) is 33.2 Å². The summed E-state index contributed by atoms with van der Waals surface area (Å²) in [6.07, 6.45) is 3.78. The Kier molecular flexibility index (Phi) is 5.30. The first-order chi connectivity index (χ1) is 12.0. The van der Waals surface area contributed by atoms with Crippen LogP contribution >= 0.6 is 0 Å². The molecule has 2 aliphatic rings. The third-order valence-electron chi connectivity index (χ3n) is 5.72. The number of carbonyl (C=O) groups excluding carboxylic acids is 2. The molecule has 1 spiro atoms. The van der Waals surface area contributed by atoms with Crippen LogP contribution in [-0.2, 0) is 4.79 Å². The molecule has 1 atom stereocenters. The average molecular weight is 343 g/mol. The Hall–Kier alpha value is -2.04. The number of piperidine rings is 2. The van der Waals surface area contributed by atoms with Gasteiger partial charge in [-0.25, -0.2) is 4.79 Å². The van der Waals surface area contributed by atoms with E-state index < -0.39 is 0 Å². The van der Waals surface area contributed by atoms with E-state index in [-0.39, 0.29) is 23.3 Å². The molecule has 5 nitrogen and oxygen atoms in total. The van der Waals surface area contributed by atoms with Gasteiger partial charge in [0.1, 0.15) is 0 Å². The lowest BCUT2D eigenvalue weighted by molar-refractivity contribution is -0.139. The minimum atomic E-state index is -0.0552. The number of benzene rings is 1. The zero-order valence-electron chi connectivity index (χ0n) is 15.3. The molecular weight excluding hydrogens is 314 g/mol. The largest absolute Gasteiger partial charge is 0.345 e. The predicted molar refractivity (Wildman–Crippen MR) is 98.4 cm³/mol. The summed E-state index contributed by atoms with van der Waals surface area (Å²) in [4.78, 5) is 28.7. The van der Waals surface area contributed by atoms with Crippen molar-refractivity contribution in [1.29, 1.82) is 0 Å². The Bertz CT molecular complexity index is 609. The highest BCUT2D eigenvalue weighted by atomic mass is 16.2. The molecule has 5 heteroatoms. The van der Waals surface area contributed by atoms with Gasteiger partial charge in [0.05, 0.1) is 5.92 Å². The van der Waals surface area contributed by atoms with Crippen molar-refractivity contribution in [3.05, 3.63) is 35.9 Å². The third-order valence-corrected chi connectivity index (χ3v) is 5.72. The molecule has 2 fully saturated rings. The van der Waals surface area contributed by atoms with Crippen LogP contribution in [0.25, 0.3) is 0 Å². The van der Waals surface area contributed by atoms with Crippen molar-refractivity contribution in [3.63, 3.8) is 0 Å². The summed E-state index contributed by atoms with van der Waals surface area (Å²) in [5.74, 6) is 0.167. The average Bonchev–Trinajstić information content (AvgIpc) is 2.64. The fourth-order valence-corrected chi connectivity index (χ4v) is 4.27. The Morgan fingerprint density at radius 1 is 1.24 bits per heavy atom. The topological polar surface area (TPSA) is 52.7 Å². The molecule has 3 amide bonds. The van der Waals surface area contributed by atoms with Gasteiger partial charge in [-0.2, -0.15) is 0 Å². The molecule has 2 heterocycles. The van der Waals surface area contributed by atoms with Crippen molar-refractivity contribution in [1.82, 2.24) is 15.1 Å². The van der Waals surface area contributed by atoms with Gasteiger partial charge in [-0.3, -0.25) is 4.79 Å². The summed E-state index contributed by atoms with van der Waals surface area (Å²) in [5, 5.41) is 2.97. The molecular formula is C20H29N3O2. The number of nitrogens with zero attached hydrogens (tertiary/aromatic N) is 2. The summed E-state index contributed by atoms with van der Waals surface area (Å²) in [6, 6.07) is 10.2. The van der Waals surface area contributed by atoms with E-state index in [0.29, 0.717) is 0 Å². The minimum absolute atomic E-state index is 0.0524. The van der Waals surface area contributed by atoms with Crippen LogP contribution in [0.5, 0.6) is 0 Å². The van der Waals surface area contributed by atoms with E-state index in [1.807, 2.05) is 35.0 Å². The Balaban J connectivity index is 1.68. The van der Waals surface area contributed by atoms with E-state index >= 15 is 0 Å². The Morgan fingerprint density at radius 3 is 2.56 bits per heavy atom. The van der Waals surface area contributed by atoms with Gasteiger partial charge in [-0.1, -0.05) is 37.3 Å². The molecule has 1 unspecified atom stereocenters. The molecule has 1 aromatic carbocycles. The number of nitrogens with one attached hydrogen (secondary N) is 1. The van der Waals surface area contributed by atoms with Gasteiger partial charge in [0.15, 0.2) is 0 Å². The van der Waals surface area contributed by atoms with Crippen LogP contribution < -0.4 is 5.32 Å². The fraction of sp³-hybridized carbons (Fsp3) is 0.600. The number of carbonyl (C=O) groups is 2. The monoisotopic (exact) mass is 343 g/mol. The van der Waals surface area contributed by atoms with E-state index in [4.69, 9.17) is 0 Å². The number of likely N-dealkylation sites (tertiary alicyclic amines) is 2. The second kappa shape index (κ2) is 7.46. The highest BCUT2D eigenvalue weighted by molar-refractivity contribution is 5.84. The molecule has 2 saturated heterocycles. The quantitative estimate of drug-likeness (QED) is 0.917. The maximum absolute atomic E-state index is 12.7. The normalized spacial score (nSPS) is 23.0. The molecule has 0 aromatic heterocycles. The van der Waals surface area contributed by atoms with Gasteiger partial charge < -0.3 is 15.1 Å². The Labute approximate surface area is 150 Å². The van der Waals surface area contributed by atoms with Gasteiger partial charge in [0.2, 0.25) is 5.91 Å². The molecule has 1 N–H and O–H groups in total. The number of urea groups is 1. The highest BCUT2D eigenvalue weighted by Gasteiger charge is 2.45. The summed E-state index contributed by atoms with van der Waals surface area (Å²) < 4.78 is 0. The molecule has 0 aliphatic carbocycles. The van der Waals surface area contributed by atoms with Crippen molar-refractivity contribution in [2.45, 2.75) is 38.5 Å². The number of hydrogen-bond acceptors (Lipinski definition) is 2. The van der Waals surface area contributed by atoms with E-state index in [9.17, 15) is 9.59 Å². The van der Waals surface area contributed by atoms with Crippen molar-refractivity contribution in [3.8, 4) is 0 Å². The second-order valence-corrected chi connectivity index (χ2v) is 7.58. The predicted octanol–water partition coefficient (Wildman–Crippen LogP) is 2.83. The van der Waals surface area contributed by atoms with Gasteiger partial charge in [0.25, 0.3) is 0 Å². The first kappa shape index (κ1) is 17.8. The molecule has 0 saturated carbocycles. The van der Waals surface area contributed by atoms with Gasteiger partial charge >= 0.3 is 6.03 Å². The summed E-state index contributed by atoms with van der Waals surface area (Å²) in [7, 11) is 1.92. The van der Waals surface area contributed by atoms with E-state index in [2.05, 4.69) is 24.4 Å². The van der Waals surface area contributed by atoms with E-state index in [1.54, 1.807) is 0 Å². The van der Waals surface area contributed by atoms with Crippen LogP contribution in [0.4, 0.5) is 4.79 Å². The van der Waals surface area contributed by atoms with Crippen LogP contribution in [-0.4, -0.2) is 55.0 Å². The van der Waals surface area contributed by atoms with Gasteiger partial charge in [-0.15, -0.1) is 0 Å². The smallest absolute Gasteiger partial charge is 0.317 e. The lowest BCUT2D eigenvalue weighted by Gasteiger charge is -2.49. The molecule has 0 bridgehead atoms. The number of likely N-dealkylation sites (N-methyl/N-ethyl adjacent to an activating group) is 1. The molecule has 2 aliphatic heterocycles. The SMILES string of the molecule is CCCNC(=O)N1CCC2(CC1)CC(c1ccccc1)C(=O)N(C)C2. The second-order valence-electron chi connectivity index (χ2n) is 7.58. The van der Waals surface area contributed by atoms with E-state index in [0.717, 1.165) is 57.4 Å². The van der Waals surface area contributed by atoms with Crippen LogP contribution in [0.15, 0.2) is 30.3 Å². The summed E-state index contributed by atoms with van der Waals surface area (Å²) in [6.45, 7) is 5.15. The molecule has 0 radical (unpaired) electrons. The maximum atomic E-state index is 12.7.